The lowest BCUT2D eigenvalue weighted by Crippen LogP contribution is -2.64. The fraction of sp³-hybridized carbons (Fsp3) is 0.511. The second-order valence-electron chi connectivity index (χ2n) is 35.2. The Balaban J connectivity index is 0.968. The molecule has 15 bridgehead atoms. The molecule has 0 aromatic heterocycles. The van der Waals surface area contributed by atoms with Gasteiger partial charge in [0.15, 0.2) is 41.2 Å². The molecule has 35 heteroatoms. The Hall–Kier alpha value is -9.59. The Bertz CT molecular complexity index is 5200. The molecule has 125 heavy (non-hydrogen) atoms. The topological polar surface area (TPSA) is 504 Å². The van der Waals surface area contributed by atoms with E-state index in [2.05, 4.69) is 21.3 Å². The molecular weight excluding hydrogens is 1680 g/mol. The number of carbonyl (C=O) groups is 8. The number of aliphatic hydroxyl groups excluding tert-OH is 6. The summed E-state index contributed by atoms with van der Waals surface area (Å²) in [6.45, 7) is 9.75. The third-order valence-electron chi connectivity index (χ3n) is 25.7. The summed E-state index contributed by atoms with van der Waals surface area (Å²) >= 11 is 14.6. The van der Waals surface area contributed by atoms with Crippen LogP contribution in [0.4, 0.5) is 0 Å². The van der Waals surface area contributed by atoms with Crippen LogP contribution < -0.4 is 50.7 Å². The van der Waals surface area contributed by atoms with Gasteiger partial charge in [-0.1, -0.05) is 75.5 Å². The van der Waals surface area contributed by atoms with Gasteiger partial charge in [0.05, 0.1) is 52.2 Å². The summed E-state index contributed by atoms with van der Waals surface area (Å²) in [5, 5.41) is 117. The summed E-state index contributed by atoms with van der Waals surface area (Å²) in [6.07, 6.45) is -14.7. The first-order valence-corrected chi connectivity index (χ1v) is 44.6. The van der Waals surface area contributed by atoms with Gasteiger partial charge in [0.2, 0.25) is 41.6 Å². The minimum Gasteiger partial charge on any atom is -0.508 e. The molecule has 4 aliphatic carbocycles. The molecule has 4 saturated carbocycles. The zero-order chi connectivity index (χ0) is 89.7. The van der Waals surface area contributed by atoms with Gasteiger partial charge in [0, 0.05) is 60.8 Å². The van der Waals surface area contributed by atoms with Crippen LogP contribution >= 0.6 is 23.2 Å². The van der Waals surface area contributed by atoms with E-state index in [-0.39, 0.29) is 99.3 Å². The van der Waals surface area contributed by atoms with Crippen LogP contribution in [0.5, 0.6) is 51.7 Å². The zero-order valence-corrected chi connectivity index (χ0v) is 71.9. The summed E-state index contributed by atoms with van der Waals surface area (Å²) < 4.78 is 75.5. The second kappa shape index (κ2) is 37.8. The Morgan fingerprint density at radius 2 is 1.34 bits per heavy atom. The molecule has 7 aliphatic heterocycles. The highest BCUT2D eigenvalue weighted by molar-refractivity contribution is 7.90. The fourth-order valence-corrected chi connectivity index (χ4v) is 20.7. The average molecular weight is 1790 g/mol. The van der Waals surface area contributed by atoms with Crippen molar-refractivity contribution in [2.24, 2.45) is 53.1 Å². The monoisotopic (exact) mass is 1790 g/mol. The van der Waals surface area contributed by atoms with Gasteiger partial charge in [-0.25, -0.2) is 13.1 Å². The predicted molar refractivity (Wildman–Crippen MR) is 448 cm³/mol. The Labute approximate surface area is 731 Å². The van der Waals surface area contributed by atoms with Crippen LogP contribution in [-0.2, 0) is 62.6 Å². The molecular formula is C90H106Cl2N6O26S. The van der Waals surface area contributed by atoms with Gasteiger partial charge < -0.3 is 106 Å². The number of unbranched alkanes of at least 4 members (excludes halogenated alkanes) is 1. The number of rotatable bonds is 21. The lowest BCUT2D eigenvalue weighted by Gasteiger charge is -2.54. The van der Waals surface area contributed by atoms with Gasteiger partial charge in [-0.2, -0.15) is 0 Å². The standard InChI is InChI=1S/C90H106Cl2N6O26S/c1-7-9-20-118-53-13-15-54(16-14-53)125(116,117)98-71(106)33-51-30-63(103)76(96-85(112)44(8-2)21-40(3)4)78(107)46-11-18-66(59(91)28-46)120-68-31-50-32-69(82(68)124-89-83(81(110)80(109)70(39-99)122-89)123-72-38-90(6,93)84(111)41(5)119-72)121-67-19-12-47(29-60(67)92)79(108)77-88(115)95-75(65(105)36-55-48-23-42-22-43(25-48)26-49(55)24-42)58-34-52(100)35-62(102)73(58)57-27-45(10-17-61(57)101)56(87(114)97-77)37-64(104)74(50)94-86(51)113/h10-19,27-29,31-32,34-35,40-44,48-49,51,55-56,70,72,74-81,83-84,89,99-102,107-111H,7-9,20-26,30,33,36-39,93H2,1-6H3,(H,94,113)(H,95,115)(H,96,112)(H,97,114)(H,98,106)/t41-,42?,43?,44+,48?,49?,51-,55?,56+,70+,72-,74+,75-,76-,77-,78+,79+,80+,81-,83+,84+,89-,90-/m0/s1. The quantitative estimate of drug-likeness (QED) is 0.0299. The van der Waals surface area contributed by atoms with Crippen molar-refractivity contribution >= 4 is 80.1 Å². The molecule has 2 saturated heterocycles. The number of aliphatic hydroxyl groups is 6. The van der Waals surface area contributed by atoms with E-state index < -0.39 is 242 Å². The zero-order valence-electron chi connectivity index (χ0n) is 69.6. The van der Waals surface area contributed by atoms with Crippen LogP contribution in [0.3, 0.4) is 0 Å². The number of amides is 5. The lowest BCUT2D eigenvalue weighted by molar-refractivity contribution is -0.333. The molecule has 18 atom stereocenters. The lowest BCUT2D eigenvalue weighted by atomic mass is 9.51. The van der Waals surface area contributed by atoms with E-state index in [0.717, 1.165) is 87.1 Å². The van der Waals surface area contributed by atoms with E-state index in [1.165, 1.54) is 68.4 Å². The minimum atomic E-state index is -4.87. The summed E-state index contributed by atoms with van der Waals surface area (Å²) in [5.74, 6) is -16.9. The molecule has 16 N–H and O–H groups in total. The minimum absolute atomic E-state index is 0.0752. The molecule has 32 nitrogen and oxygen atoms in total. The van der Waals surface area contributed by atoms with Gasteiger partial charge in [-0.15, -0.1) is 0 Å². The van der Waals surface area contributed by atoms with E-state index in [0.29, 0.717) is 30.6 Å². The van der Waals surface area contributed by atoms with Crippen molar-refractivity contribution in [2.75, 3.05) is 13.2 Å². The molecule has 17 rings (SSSR count). The number of benzene rings is 6. The summed E-state index contributed by atoms with van der Waals surface area (Å²) in [4.78, 5) is 125. The van der Waals surface area contributed by atoms with Crippen LogP contribution in [-0.4, -0.2) is 181 Å². The number of ketones is 3. The molecule has 11 aliphatic rings. The normalized spacial score (nSPS) is 30.7. The Morgan fingerprint density at radius 1 is 0.696 bits per heavy atom. The number of halogens is 2. The fourth-order valence-electron chi connectivity index (χ4n) is 19.3. The maximum atomic E-state index is 16.8. The van der Waals surface area contributed by atoms with E-state index in [1.54, 1.807) is 6.92 Å². The average Bonchev–Trinajstić information content (AvgIpc) is 0.759. The number of carbonyl (C=O) groups excluding carboxylic acids is 8. The number of aromatic hydroxyl groups is 3. The number of nitrogens with two attached hydrogens (primary N) is 1. The molecule has 5 amide bonds. The van der Waals surface area contributed by atoms with E-state index in [9.17, 15) is 64.0 Å². The van der Waals surface area contributed by atoms with Gasteiger partial charge in [0.1, 0.15) is 89.2 Å². The molecule has 0 unspecified atom stereocenters. The number of ether oxygens (including phenoxy) is 7. The number of fused-ring (bicyclic) bond motifs is 15. The number of phenolic OH excluding ortho intramolecular Hbond substituents is 3. The molecule has 6 fully saturated rings. The highest BCUT2D eigenvalue weighted by Gasteiger charge is 2.53. The van der Waals surface area contributed by atoms with E-state index in [4.69, 9.17) is 62.1 Å². The molecule has 0 radical (unpaired) electrons. The first-order chi connectivity index (χ1) is 59.4. The van der Waals surface area contributed by atoms with Crippen LogP contribution in [0.15, 0.2) is 108 Å². The van der Waals surface area contributed by atoms with Crippen molar-refractivity contribution in [3.8, 4) is 62.9 Å². The first-order valence-electron chi connectivity index (χ1n) is 42.4. The molecule has 0 spiro atoms. The van der Waals surface area contributed by atoms with Crippen molar-refractivity contribution in [1.29, 1.82) is 0 Å². The number of sulfonamides is 1. The van der Waals surface area contributed by atoms with E-state index in [1.807, 2.05) is 25.5 Å². The van der Waals surface area contributed by atoms with Crippen molar-refractivity contribution in [1.82, 2.24) is 26.0 Å². The molecule has 6 aromatic carbocycles. The third kappa shape index (κ3) is 19.8. The Morgan fingerprint density at radius 3 is 1.94 bits per heavy atom. The van der Waals surface area contributed by atoms with Crippen LogP contribution in [0.2, 0.25) is 10.0 Å². The number of Topliss-reactive ketones (excluding diaryl/α,β-unsaturated/α-hetero) is 3. The van der Waals surface area contributed by atoms with Crippen molar-refractivity contribution in [3.05, 3.63) is 141 Å². The van der Waals surface area contributed by atoms with Gasteiger partial charge in [0.25, 0.3) is 10.0 Å². The van der Waals surface area contributed by atoms with Gasteiger partial charge in [-0.05, 0) is 207 Å². The first kappa shape index (κ1) is 91.6. The Kier molecular flexibility index (Phi) is 27.7. The summed E-state index contributed by atoms with van der Waals surface area (Å²) in [7, 11) is -4.87. The van der Waals surface area contributed by atoms with Crippen molar-refractivity contribution < 1.29 is 126 Å². The number of phenols is 3. The van der Waals surface area contributed by atoms with Gasteiger partial charge in [-0.3, -0.25) is 38.4 Å². The number of hydrogen-bond acceptors (Lipinski definition) is 27. The third-order valence-corrected chi connectivity index (χ3v) is 27.7. The van der Waals surface area contributed by atoms with Crippen molar-refractivity contribution in [3.63, 3.8) is 0 Å². The second-order valence-corrected chi connectivity index (χ2v) is 37.7. The highest BCUT2D eigenvalue weighted by Crippen LogP contribution is 2.59. The predicted octanol–water partition coefficient (Wildman–Crippen LogP) is 8.67. The number of nitrogens with one attached hydrogen (secondary N) is 5. The van der Waals surface area contributed by atoms with Crippen LogP contribution in [0.25, 0.3) is 11.1 Å². The maximum Gasteiger partial charge on any atom is 0.264 e. The SMILES string of the molecule is CCCCOc1ccc(S(=O)(=O)NC(=O)C[C@@H]2CC(=O)[C@H](NC(=O)[C@H](CC)CC(C)C)[C@H](O)c3ccc(c(Cl)c3)Oc3cc4cc(c3O[C@@H]3O[C@H](CO)[C@@H](O)[C@H](O)[C@H]3O[C@H]3C[C@](C)(N)[C@H](O)[C@H](C)O3)Oc3ccc(cc3Cl)[C@@H](O)[C@@H]3NC(=O)[C@H](CC(=O)[C@@H]4NC2=O)c2ccc(O)c(c2)-c2c(O)cc(O)cc2[C@@H](C(=O)CC2C4CC5CC(C4)CC2C5)NC3=O)cc1. The van der Waals surface area contributed by atoms with Crippen molar-refractivity contribution in [2.45, 2.75) is 233 Å². The molecule has 7 heterocycles. The van der Waals surface area contributed by atoms with Gasteiger partial charge >= 0.3 is 0 Å². The maximum absolute atomic E-state index is 16.8. The number of hydrogen-bond donors (Lipinski definition) is 15. The largest absolute Gasteiger partial charge is 0.508 e. The van der Waals surface area contributed by atoms with Crippen LogP contribution in [0.1, 0.15) is 189 Å². The van der Waals surface area contributed by atoms with Crippen LogP contribution in [0, 0.1) is 47.3 Å². The smallest absolute Gasteiger partial charge is 0.264 e. The summed E-state index contributed by atoms with van der Waals surface area (Å²) in [5.41, 5.74) is 3.36. The van der Waals surface area contributed by atoms with E-state index >= 15 is 28.8 Å². The highest BCUT2D eigenvalue weighted by atomic mass is 35.5. The molecule has 6 aromatic rings. The molecule has 672 valence electrons. The summed E-state index contributed by atoms with van der Waals surface area (Å²) in [6, 6.07) is 11.7.